The maximum absolute atomic E-state index is 13.9. The summed E-state index contributed by atoms with van der Waals surface area (Å²) in [6, 6.07) is 1.31. The monoisotopic (exact) mass is 390 g/mol. The Hall–Kier alpha value is -1.81. The van der Waals surface area contributed by atoms with Crippen LogP contribution in [0.5, 0.6) is 0 Å². The number of morpholine rings is 1. The molecular weight excluding hydrogens is 365 g/mol. The van der Waals surface area contributed by atoms with Crippen molar-refractivity contribution in [1.29, 1.82) is 0 Å². The molecule has 10 heteroatoms. The van der Waals surface area contributed by atoms with Crippen LogP contribution in [0, 0.1) is 0 Å². The molecule has 0 aromatic carbocycles. The molecule has 2 aliphatic heterocycles. The number of aromatic nitrogens is 2. The first-order chi connectivity index (χ1) is 12.6. The molecule has 0 amide bonds. The normalized spacial score (nSPS) is 23.2. The summed E-state index contributed by atoms with van der Waals surface area (Å²) in [5.74, 6) is 0.423. The molecule has 1 fully saturated rings. The molecule has 1 atom stereocenters. The van der Waals surface area contributed by atoms with Crippen molar-refractivity contribution >= 4 is 11.8 Å². The fourth-order valence-electron chi connectivity index (χ4n) is 3.37. The molecular formula is C17H25F3N4O3. The summed E-state index contributed by atoms with van der Waals surface area (Å²) < 4.78 is 53.5. The molecule has 3 rings (SSSR count). The predicted molar refractivity (Wildman–Crippen MR) is 94.4 cm³/mol. The number of ether oxygens (including phenoxy) is 2. The fourth-order valence-corrected chi connectivity index (χ4v) is 3.37. The van der Waals surface area contributed by atoms with Crippen molar-refractivity contribution in [2.75, 3.05) is 49.3 Å². The van der Waals surface area contributed by atoms with Crippen molar-refractivity contribution in [3.63, 3.8) is 0 Å². The van der Waals surface area contributed by atoms with E-state index in [1.807, 2.05) is 18.7 Å². The molecule has 1 unspecified atom stereocenters. The summed E-state index contributed by atoms with van der Waals surface area (Å²) in [5, 5.41) is 0. The first-order valence-electron chi connectivity index (χ1n) is 9.04. The third kappa shape index (κ3) is 3.77. The van der Waals surface area contributed by atoms with Gasteiger partial charge >= 0.3 is 6.18 Å². The molecule has 0 bridgehead atoms. The number of anilines is 2. The average molecular weight is 390 g/mol. The zero-order chi connectivity index (χ0) is 19.8. The Labute approximate surface area is 155 Å². The lowest BCUT2D eigenvalue weighted by Gasteiger charge is -2.37. The maximum Gasteiger partial charge on any atom is 0.413 e. The van der Waals surface area contributed by atoms with Gasteiger partial charge in [-0.2, -0.15) is 18.2 Å². The quantitative estimate of drug-likeness (QED) is 0.762. The zero-order valence-electron chi connectivity index (χ0n) is 15.8. The largest absolute Gasteiger partial charge is 0.413 e. The second kappa shape index (κ2) is 7.31. The summed E-state index contributed by atoms with van der Waals surface area (Å²) in [5.41, 5.74) is -2.69. The van der Waals surface area contributed by atoms with Gasteiger partial charge in [-0.05, 0) is 20.8 Å². The summed E-state index contributed by atoms with van der Waals surface area (Å²) in [4.78, 5) is 20.0. The average Bonchev–Trinajstić information content (AvgIpc) is 2.89. The van der Waals surface area contributed by atoms with Gasteiger partial charge in [-0.15, -0.1) is 0 Å². The van der Waals surface area contributed by atoms with Crippen LogP contribution >= 0.6 is 0 Å². The number of nitrogens with zero attached hydrogens (tertiary/aromatic N) is 4. The Kier molecular flexibility index (Phi) is 5.40. The number of hydrogen-bond donors (Lipinski definition) is 0. The Morgan fingerprint density at radius 2 is 2.00 bits per heavy atom. The highest BCUT2D eigenvalue weighted by Crippen LogP contribution is 2.43. The standard InChI is InChI=1S/C17H25F3N4O3/c1-12(2)27-9-6-24-15-21-13(22-4-7-26-8-5-22)10-14(25)23(15)11-16(24,3)17(18,19)20/h10,12H,4-9,11H2,1-3H3. The molecule has 3 heterocycles. The minimum atomic E-state index is -4.52. The Balaban J connectivity index is 1.98. The van der Waals surface area contributed by atoms with Gasteiger partial charge in [0.15, 0.2) is 5.54 Å². The van der Waals surface area contributed by atoms with E-state index >= 15 is 0 Å². The zero-order valence-corrected chi connectivity index (χ0v) is 15.8. The lowest BCUT2D eigenvalue weighted by Crippen LogP contribution is -2.56. The van der Waals surface area contributed by atoms with Gasteiger partial charge in [0.25, 0.3) is 5.56 Å². The van der Waals surface area contributed by atoms with E-state index in [-0.39, 0.29) is 25.2 Å². The lowest BCUT2D eigenvalue weighted by atomic mass is 10.0. The van der Waals surface area contributed by atoms with Crippen LogP contribution in [0.15, 0.2) is 10.9 Å². The van der Waals surface area contributed by atoms with Gasteiger partial charge in [0.05, 0.1) is 32.5 Å². The van der Waals surface area contributed by atoms with E-state index in [1.165, 1.54) is 6.07 Å². The van der Waals surface area contributed by atoms with E-state index in [0.717, 1.165) is 16.4 Å². The molecule has 0 radical (unpaired) electrons. The van der Waals surface area contributed by atoms with Crippen LogP contribution in [0.25, 0.3) is 0 Å². The molecule has 152 valence electrons. The van der Waals surface area contributed by atoms with E-state index in [0.29, 0.717) is 32.1 Å². The highest BCUT2D eigenvalue weighted by molar-refractivity contribution is 5.49. The van der Waals surface area contributed by atoms with Crippen LogP contribution in [0.3, 0.4) is 0 Å². The van der Waals surface area contributed by atoms with Crippen LogP contribution in [0.1, 0.15) is 20.8 Å². The molecule has 1 saturated heterocycles. The second-order valence-electron chi connectivity index (χ2n) is 7.28. The first kappa shape index (κ1) is 19.9. The molecule has 0 aliphatic carbocycles. The van der Waals surface area contributed by atoms with E-state index < -0.39 is 23.8 Å². The van der Waals surface area contributed by atoms with Crippen LogP contribution in [0.2, 0.25) is 0 Å². The van der Waals surface area contributed by atoms with Gasteiger partial charge in [0.1, 0.15) is 5.82 Å². The van der Waals surface area contributed by atoms with E-state index in [4.69, 9.17) is 9.47 Å². The van der Waals surface area contributed by atoms with Crippen molar-refractivity contribution in [1.82, 2.24) is 9.55 Å². The smallest absolute Gasteiger partial charge is 0.378 e. The highest BCUT2D eigenvalue weighted by Gasteiger charge is 2.59. The molecule has 1 aromatic rings. The summed E-state index contributed by atoms with van der Waals surface area (Å²) >= 11 is 0. The van der Waals surface area contributed by atoms with Crippen LogP contribution < -0.4 is 15.4 Å². The van der Waals surface area contributed by atoms with E-state index in [9.17, 15) is 18.0 Å². The molecule has 27 heavy (non-hydrogen) atoms. The summed E-state index contributed by atoms with van der Waals surface area (Å²) in [6.07, 6.45) is -4.62. The molecule has 7 nitrogen and oxygen atoms in total. The minimum Gasteiger partial charge on any atom is -0.378 e. The number of halogens is 3. The molecule has 1 aromatic heterocycles. The summed E-state index contributed by atoms with van der Waals surface area (Å²) in [7, 11) is 0. The third-order valence-electron chi connectivity index (χ3n) is 4.99. The van der Waals surface area contributed by atoms with Crippen molar-refractivity contribution < 1.29 is 22.6 Å². The van der Waals surface area contributed by atoms with Crippen molar-refractivity contribution in [3.8, 4) is 0 Å². The van der Waals surface area contributed by atoms with Gasteiger partial charge in [-0.1, -0.05) is 0 Å². The van der Waals surface area contributed by atoms with Crippen LogP contribution in [-0.4, -0.2) is 66.8 Å². The van der Waals surface area contributed by atoms with Crippen molar-refractivity contribution in [2.45, 2.75) is 45.1 Å². The SMILES string of the molecule is CC(C)OCCN1c2nc(N3CCOCC3)cc(=O)n2CC1(C)C(F)(F)F. The van der Waals surface area contributed by atoms with Gasteiger partial charge in [-0.25, -0.2) is 0 Å². The topological polar surface area (TPSA) is 59.8 Å². The Bertz CT molecular complexity index is 731. The highest BCUT2D eigenvalue weighted by atomic mass is 19.4. The third-order valence-corrected chi connectivity index (χ3v) is 4.99. The number of fused-ring (bicyclic) bond motifs is 1. The van der Waals surface area contributed by atoms with Gasteiger partial charge in [0, 0.05) is 25.7 Å². The fraction of sp³-hybridized carbons (Fsp3) is 0.765. The Morgan fingerprint density at radius 3 is 2.59 bits per heavy atom. The number of hydrogen-bond acceptors (Lipinski definition) is 6. The first-order valence-corrected chi connectivity index (χ1v) is 9.04. The lowest BCUT2D eigenvalue weighted by molar-refractivity contribution is -0.182. The predicted octanol–water partition coefficient (Wildman–Crippen LogP) is 1.65. The minimum absolute atomic E-state index is 0.00675. The van der Waals surface area contributed by atoms with Crippen molar-refractivity contribution in [2.24, 2.45) is 0 Å². The molecule has 0 spiro atoms. The van der Waals surface area contributed by atoms with Crippen LogP contribution in [0.4, 0.5) is 24.9 Å². The maximum atomic E-state index is 13.9. The molecule has 0 N–H and O–H groups in total. The van der Waals surface area contributed by atoms with Gasteiger partial charge < -0.3 is 19.3 Å². The number of rotatable bonds is 5. The van der Waals surface area contributed by atoms with Gasteiger partial charge in [0.2, 0.25) is 5.95 Å². The molecule has 0 saturated carbocycles. The van der Waals surface area contributed by atoms with Crippen LogP contribution in [-0.2, 0) is 16.0 Å². The molecule has 2 aliphatic rings. The number of alkyl halides is 3. The van der Waals surface area contributed by atoms with E-state index in [1.54, 1.807) is 0 Å². The van der Waals surface area contributed by atoms with Gasteiger partial charge in [-0.3, -0.25) is 9.36 Å². The Morgan fingerprint density at radius 1 is 1.33 bits per heavy atom. The van der Waals surface area contributed by atoms with Crippen molar-refractivity contribution in [3.05, 3.63) is 16.4 Å². The van der Waals surface area contributed by atoms with E-state index in [2.05, 4.69) is 4.98 Å². The second-order valence-corrected chi connectivity index (χ2v) is 7.28. The summed E-state index contributed by atoms with van der Waals surface area (Å²) in [6.45, 7) is 6.44.